The Labute approximate surface area is 359 Å². The number of pyridine rings is 2. The number of amides is 1. The Kier molecular flexibility index (Phi) is 13.3. The van der Waals surface area contributed by atoms with Crippen LogP contribution in [-0.2, 0) is 36.9 Å². The van der Waals surface area contributed by atoms with E-state index < -0.39 is 17.7 Å². The second-order valence-corrected chi connectivity index (χ2v) is 16.0. The van der Waals surface area contributed by atoms with Crippen LogP contribution in [0.5, 0.6) is 0 Å². The maximum Gasteiger partial charge on any atom is 0.348 e. The molecule has 0 aliphatic carbocycles. The van der Waals surface area contributed by atoms with Gasteiger partial charge in [0.2, 0.25) is 5.91 Å². The summed E-state index contributed by atoms with van der Waals surface area (Å²) in [6, 6.07) is 25.1. The van der Waals surface area contributed by atoms with Gasteiger partial charge in [-0.3, -0.25) is 14.8 Å². The van der Waals surface area contributed by atoms with Crippen LogP contribution in [-0.4, -0.2) is 53.2 Å². The molecule has 304 valence electrons. The van der Waals surface area contributed by atoms with Gasteiger partial charge in [-0.05, 0) is 105 Å². The molecule has 4 aromatic heterocycles. The number of cyclic esters (lactones) is 2. The lowest BCUT2D eigenvalue weighted by molar-refractivity contribution is -0.222. The second-order valence-electron chi connectivity index (χ2n) is 14.2. The van der Waals surface area contributed by atoms with Crippen LogP contribution in [0.25, 0.3) is 28.9 Å². The fraction of sp³-hybridized carbons (Fsp3) is 0.250. The zero-order chi connectivity index (χ0) is 42.4. The van der Waals surface area contributed by atoms with Gasteiger partial charge in [-0.1, -0.05) is 56.1 Å². The fourth-order valence-corrected chi connectivity index (χ4v) is 7.63. The summed E-state index contributed by atoms with van der Waals surface area (Å²) in [6.07, 6.45) is 5.41. The third-order valence-corrected chi connectivity index (χ3v) is 10.5. The summed E-state index contributed by atoms with van der Waals surface area (Å²) >= 11 is 6.88. The Balaban J connectivity index is 0.000000157. The first-order valence-corrected chi connectivity index (χ1v) is 20.5. The molecule has 2 aromatic carbocycles. The quantitative estimate of drug-likeness (QED) is 0.0934. The maximum absolute atomic E-state index is 12.4. The number of ether oxygens (including phenoxy) is 2. The summed E-state index contributed by atoms with van der Waals surface area (Å²) in [5.74, 6) is -1.09. The third kappa shape index (κ3) is 10.0. The van der Waals surface area contributed by atoms with Gasteiger partial charge in [0.25, 0.3) is 5.79 Å². The molecule has 2 aliphatic heterocycles. The van der Waals surface area contributed by atoms with Crippen molar-refractivity contribution in [3.05, 3.63) is 134 Å². The average Bonchev–Trinajstić information content (AvgIpc) is 3.77. The molecule has 0 spiro atoms. The Morgan fingerprint density at radius 1 is 0.797 bits per heavy atom. The van der Waals surface area contributed by atoms with Crippen molar-refractivity contribution in [1.82, 2.24) is 29.5 Å². The Morgan fingerprint density at radius 2 is 1.41 bits per heavy atom. The number of anilines is 2. The Morgan fingerprint density at radius 3 is 1.97 bits per heavy atom. The van der Waals surface area contributed by atoms with Gasteiger partial charge < -0.3 is 20.5 Å². The Hall–Kier alpha value is -5.93. The normalized spacial score (nSPS) is 15.4. The molecule has 1 unspecified atom stereocenters. The van der Waals surface area contributed by atoms with E-state index in [4.69, 9.17) is 20.3 Å². The number of esters is 2. The van der Waals surface area contributed by atoms with Crippen LogP contribution in [0, 0.1) is 13.8 Å². The number of nitrogen functional groups attached to an aromatic ring is 1. The maximum atomic E-state index is 12.4. The predicted octanol–water partition coefficient (Wildman–Crippen LogP) is 9.03. The molecule has 2 aliphatic rings. The number of carbonyl (C=O) groups excluding carboxylic acids is 3. The predicted molar refractivity (Wildman–Crippen MR) is 234 cm³/mol. The van der Waals surface area contributed by atoms with Crippen LogP contribution in [0.1, 0.15) is 67.9 Å². The minimum atomic E-state index is -1.21. The molecule has 1 fully saturated rings. The molecule has 3 N–H and O–H groups in total. The first-order chi connectivity index (χ1) is 28.2. The minimum Gasteiger partial charge on any atom is -0.419 e. The zero-order valence-electron chi connectivity index (χ0n) is 33.5. The zero-order valence-corrected chi connectivity index (χ0v) is 36.7. The number of nitrogens with one attached hydrogen (secondary N) is 1. The van der Waals surface area contributed by atoms with E-state index in [2.05, 4.69) is 71.3 Å². The van der Waals surface area contributed by atoms with Crippen LogP contribution in [0.3, 0.4) is 0 Å². The number of benzene rings is 2. The summed E-state index contributed by atoms with van der Waals surface area (Å²) in [5, 5.41) is 12.1. The number of carbonyl (C=O) groups is 3. The van der Waals surface area contributed by atoms with Gasteiger partial charge in [0.05, 0.1) is 11.4 Å². The molecular weight excluding hydrogens is 880 g/mol. The van der Waals surface area contributed by atoms with E-state index in [9.17, 15) is 14.4 Å². The largest absolute Gasteiger partial charge is 0.419 e. The van der Waals surface area contributed by atoms with Gasteiger partial charge in [0.15, 0.2) is 0 Å². The lowest BCUT2D eigenvalue weighted by Gasteiger charge is -2.29. The van der Waals surface area contributed by atoms with Crippen molar-refractivity contribution >= 4 is 67.4 Å². The number of halogens is 2. The SMILES string of the molecule is CCn1nc(-c2ccccn2)c2c1NC(=O)CC2c1ccc(Br)cc1C.CCn1nc(-c2ccccn2)cc1N.Cc1cc(Br)ccc1C=C1C(=O)OC(C)(C)OC1=O. The number of hydrogen-bond acceptors (Lipinski definition) is 10. The average molecular weight is 925 g/mol. The molecule has 0 bridgehead atoms. The summed E-state index contributed by atoms with van der Waals surface area (Å²) in [5.41, 5.74) is 14.1. The molecule has 15 heteroatoms. The first kappa shape index (κ1) is 42.7. The van der Waals surface area contributed by atoms with Crippen molar-refractivity contribution in [3.63, 3.8) is 0 Å². The van der Waals surface area contributed by atoms with Gasteiger partial charge >= 0.3 is 11.9 Å². The van der Waals surface area contributed by atoms with Crippen molar-refractivity contribution in [2.24, 2.45) is 0 Å². The van der Waals surface area contributed by atoms with Crippen molar-refractivity contribution in [1.29, 1.82) is 0 Å². The smallest absolute Gasteiger partial charge is 0.348 e. The highest BCUT2D eigenvalue weighted by molar-refractivity contribution is 9.10. The van der Waals surface area contributed by atoms with E-state index in [0.717, 1.165) is 71.9 Å². The fourth-order valence-electron chi connectivity index (χ4n) is 6.68. The number of aryl methyl sites for hydroxylation is 4. The molecule has 0 saturated carbocycles. The van der Waals surface area contributed by atoms with Crippen LogP contribution in [0.4, 0.5) is 11.6 Å². The van der Waals surface area contributed by atoms with Crippen molar-refractivity contribution in [2.45, 2.75) is 72.8 Å². The van der Waals surface area contributed by atoms with Gasteiger partial charge in [-0.15, -0.1) is 0 Å². The summed E-state index contributed by atoms with van der Waals surface area (Å²) in [6.45, 7) is 12.5. The highest BCUT2D eigenvalue weighted by atomic mass is 79.9. The minimum absolute atomic E-state index is 0.0204. The lowest BCUT2D eigenvalue weighted by Crippen LogP contribution is -2.41. The van der Waals surface area contributed by atoms with Gasteiger partial charge in [0, 0.05) is 72.2 Å². The van der Waals surface area contributed by atoms with Crippen molar-refractivity contribution in [3.8, 4) is 22.8 Å². The third-order valence-electron chi connectivity index (χ3n) is 9.49. The monoisotopic (exact) mass is 922 g/mol. The second kappa shape index (κ2) is 18.3. The van der Waals surface area contributed by atoms with E-state index in [1.165, 1.54) is 19.9 Å². The van der Waals surface area contributed by atoms with Crippen molar-refractivity contribution in [2.75, 3.05) is 11.1 Å². The number of rotatable bonds is 6. The van der Waals surface area contributed by atoms with Gasteiger partial charge in [-0.2, -0.15) is 10.2 Å². The van der Waals surface area contributed by atoms with Gasteiger partial charge in [-0.25, -0.2) is 19.0 Å². The first-order valence-electron chi connectivity index (χ1n) is 18.9. The topological polar surface area (TPSA) is 169 Å². The lowest BCUT2D eigenvalue weighted by atomic mass is 9.83. The molecule has 1 saturated heterocycles. The van der Waals surface area contributed by atoms with Crippen LogP contribution in [0.15, 0.2) is 106 Å². The van der Waals surface area contributed by atoms with E-state index in [-0.39, 0.29) is 17.4 Å². The van der Waals surface area contributed by atoms with E-state index in [1.807, 2.05) is 92.2 Å². The summed E-state index contributed by atoms with van der Waals surface area (Å²) < 4.78 is 15.6. The summed E-state index contributed by atoms with van der Waals surface area (Å²) in [7, 11) is 0. The highest BCUT2D eigenvalue weighted by Crippen LogP contribution is 2.43. The van der Waals surface area contributed by atoms with Crippen LogP contribution < -0.4 is 11.1 Å². The number of nitrogens with two attached hydrogens (primary N) is 1. The molecule has 6 aromatic rings. The van der Waals surface area contributed by atoms with Crippen molar-refractivity contribution < 1.29 is 23.9 Å². The number of aromatic nitrogens is 6. The molecule has 1 atom stereocenters. The van der Waals surface area contributed by atoms with E-state index in [1.54, 1.807) is 17.1 Å². The number of fused-ring (bicyclic) bond motifs is 1. The van der Waals surface area contributed by atoms with Crippen LogP contribution >= 0.6 is 31.9 Å². The van der Waals surface area contributed by atoms with E-state index >= 15 is 0 Å². The summed E-state index contributed by atoms with van der Waals surface area (Å²) in [4.78, 5) is 44.7. The highest BCUT2D eigenvalue weighted by Gasteiger charge is 2.39. The molecule has 59 heavy (non-hydrogen) atoms. The van der Waals surface area contributed by atoms with Crippen LogP contribution in [0.2, 0.25) is 0 Å². The molecule has 6 heterocycles. The molecule has 0 radical (unpaired) electrons. The molecule has 13 nitrogen and oxygen atoms in total. The number of nitrogens with zero attached hydrogens (tertiary/aromatic N) is 6. The molecule has 8 rings (SSSR count). The number of hydrogen-bond donors (Lipinski definition) is 2. The Bertz CT molecular complexity index is 2510. The standard InChI is InChI=1S/C20H19BrN4O.C14H13BrO4.C10H12N4/c1-3-25-20-18(19(24-25)16-6-4-5-9-22-16)15(11-17(26)23-20)14-8-7-13(21)10-12(14)2;1-8-6-10(15)5-4-9(8)7-11-12(16)18-14(2,3)19-13(11)17;1-2-14-10(11)7-9(13-14)8-5-3-4-6-12-8/h4-10,15H,3,11H2,1-2H3,(H,23,26);4-7H,1-3H3;3-7H,2,11H2,1H3. The molecule has 1 amide bonds. The molecular formula is C44H44Br2N8O5. The van der Waals surface area contributed by atoms with Gasteiger partial charge in [0.1, 0.15) is 28.6 Å². The van der Waals surface area contributed by atoms with E-state index in [0.29, 0.717) is 18.8 Å².